The second-order valence-corrected chi connectivity index (χ2v) is 11.8. The van der Waals surface area contributed by atoms with Crippen molar-refractivity contribution in [1.82, 2.24) is 0 Å². The van der Waals surface area contributed by atoms with Gasteiger partial charge in [-0.15, -0.1) is 0 Å². The lowest BCUT2D eigenvalue weighted by molar-refractivity contribution is -0.189. The second kappa shape index (κ2) is 7.11. The predicted molar refractivity (Wildman–Crippen MR) is 107 cm³/mol. The van der Waals surface area contributed by atoms with Crippen LogP contribution in [-0.2, 0) is 9.53 Å². The van der Waals surface area contributed by atoms with E-state index in [1.165, 1.54) is 12.8 Å². The minimum Gasteiger partial charge on any atom is -0.462 e. The Labute approximate surface area is 161 Å². The maximum atomic E-state index is 13.2. The van der Waals surface area contributed by atoms with Gasteiger partial charge in [0.15, 0.2) is 0 Å². The molecule has 0 aromatic carbocycles. The van der Waals surface area contributed by atoms with E-state index < -0.39 is 11.0 Å². The molecule has 2 rings (SSSR count). The molecular formula is C23H42O3. The quantitative estimate of drug-likeness (QED) is 0.659. The molecule has 2 aliphatic rings. The highest BCUT2D eigenvalue weighted by atomic mass is 16.5. The molecule has 0 heterocycles. The third-order valence-corrected chi connectivity index (χ3v) is 7.45. The first-order valence-corrected chi connectivity index (χ1v) is 10.6. The fourth-order valence-electron chi connectivity index (χ4n) is 5.37. The molecule has 2 saturated carbocycles. The van der Waals surface area contributed by atoms with Crippen LogP contribution in [0.25, 0.3) is 0 Å². The molecule has 0 amide bonds. The van der Waals surface area contributed by atoms with Gasteiger partial charge in [-0.25, -0.2) is 0 Å². The van der Waals surface area contributed by atoms with Gasteiger partial charge in [-0.1, -0.05) is 61.3 Å². The SMILES string of the molecule is CC1CC2CCCC(C2)C1(O)COC(=O)C(C)(CC(C)(C)C)C(C)(C)C. The van der Waals surface area contributed by atoms with E-state index in [0.29, 0.717) is 0 Å². The Morgan fingerprint density at radius 3 is 2.23 bits per heavy atom. The molecule has 2 bridgehead atoms. The summed E-state index contributed by atoms with van der Waals surface area (Å²) in [4.78, 5) is 13.2. The molecule has 0 aliphatic heterocycles. The van der Waals surface area contributed by atoms with E-state index in [0.717, 1.165) is 31.6 Å². The van der Waals surface area contributed by atoms with Gasteiger partial charge in [0.05, 0.1) is 5.41 Å². The Kier molecular flexibility index (Phi) is 5.94. The lowest BCUT2D eigenvalue weighted by Crippen LogP contribution is -2.55. The number of esters is 1. The summed E-state index contributed by atoms with van der Waals surface area (Å²) in [5.74, 6) is 1.07. The molecule has 0 aromatic heterocycles. The van der Waals surface area contributed by atoms with E-state index in [-0.39, 0.29) is 35.2 Å². The summed E-state index contributed by atoms with van der Waals surface area (Å²) in [5, 5.41) is 11.4. The molecule has 152 valence electrons. The molecular weight excluding hydrogens is 324 g/mol. The normalized spacial score (nSPS) is 34.9. The summed E-state index contributed by atoms with van der Waals surface area (Å²) >= 11 is 0. The number of hydrogen-bond donors (Lipinski definition) is 1. The van der Waals surface area contributed by atoms with Gasteiger partial charge in [0.25, 0.3) is 0 Å². The summed E-state index contributed by atoms with van der Waals surface area (Å²) in [6.45, 7) is 17.2. The van der Waals surface area contributed by atoms with E-state index >= 15 is 0 Å². The van der Waals surface area contributed by atoms with Gasteiger partial charge in [0.2, 0.25) is 0 Å². The number of aliphatic hydroxyl groups is 1. The second-order valence-electron chi connectivity index (χ2n) is 11.8. The van der Waals surface area contributed by atoms with Crippen molar-refractivity contribution >= 4 is 5.97 Å². The van der Waals surface area contributed by atoms with Gasteiger partial charge in [0.1, 0.15) is 12.2 Å². The molecule has 0 spiro atoms. The van der Waals surface area contributed by atoms with Crippen molar-refractivity contribution in [2.75, 3.05) is 6.61 Å². The van der Waals surface area contributed by atoms with Crippen LogP contribution < -0.4 is 0 Å². The first-order chi connectivity index (χ1) is 11.7. The van der Waals surface area contributed by atoms with E-state index in [9.17, 15) is 9.90 Å². The smallest absolute Gasteiger partial charge is 0.312 e. The van der Waals surface area contributed by atoms with Crippen LogP contribution in [0.3, 0.4) is 0 Å². The van der Waals surface area contributed by atoms with Crippen LogP contribution in [0, 0.1) is 34.0 Å². The fraction of sp³-hybridized carbons (Fsp3) is 0.957. The molecule has 26 heavy (non-hydrogen) atoms. The third kappa shape index (κ3) is 4.29. The lowest BCUT2D eigenvalue weighted by Gasteiger charge is -2.50. The van der Waals surface area contributed by atoms with Crippen LogP contribution in [-0.4, -0.2) is 23.3 Å². The first kappa shape index (κ1) is 21.7. The average molecular weight is 367 g/mol. The Bertz CT molecular complexity index is 511. The lowest BCUT2D eigenvalue weighted by atomic mass is 9.60. The van der Waals surface area contributed by atoms with Crippen molar-refractivity contribution < 1.29 is 14.6 Å². The first-order valence-electron chi connectivity index (χ1n) is 10.6. The Morgan fingerprint density at radius 2 is 1.69 bits per heavy atom. The number of carbonyl (C=O) groups excluding carboxylic acids is 1. The van der Waals surface area contributed by atoms with Gasteiger partial charge in [-0.3, -0.25) is 4.79 Å². The number of hydrogen-bond acceptors (Lipinski definition) is 3. The van der Waals surface area contributed by atoms with Crippen LogP contribution in [0.2, 0.25) is 0 Å². The maximum Gasteiger partial charge on any atom is 0.312 e. The van der Waals surface area contributed by atoms with Crippen molar-refractivity contribution in [2.24, 2.45) is 34.0 Å². The summed E-state index contributed by atoms with van der Waals surface area (Å²) in [6.07, 6.45) is 6.47. The van der Waals surface area contributed by atoms with Crippen molar-refractivity contribution in [3.63, 3.8) is 0 Å². The molecule has 3 heteroatoms. The molecule has 0 radical (unpaired) electrons. The monoisotopic (exact) mass is 366 g/mol. The number of rotatable bonds is 4. The van der Waals surface area contributed by atoms with Crippen molar-refractivity contribution in [1.29, 1.82) is 0 Å². The summed E-state index contributed by atoms with van der Waals surface area (Å²) in [7, 11) is 0. The van der Waals surface area contributed by atoms with Crippen molar-refractivity contribution in [2.45, 2.75) is 99.5 Å². The largest absolute Gasteiger partial charge is 0.462 e. The zero-order valence-corrected chi connectivity index (χ0v) is 18.4. The van der Waals surface area contributed by atoms with Gasteiger partial charge >= 0.3 is 5.97 Å². The van der Waals surface area contributed by atoms with Gasteiger partial charge in [-0.05, 0) is 61.2 Å². The summed E-state index contributed by atoms with van der Waals surface area (Å²) in [5.41, 5.74) is -1.59. The topological polar surface area (TPSA) is 46.5 Å². The Hall–Kier alpha value is -0.570. The van der Waals surface area contributed by atoms with E-state index in [4.69, 9.17) is 4.74 Å². The Balaban J connectivity index is 2.14. The summed E-state index contributed by atoms with van der Waals surface area (Å²) in [6, 6.07) is 0. The average Bonchev–Trinajstić information content (AvgIpc) is 2.48. The minimum atomic E-state index is -0.854. The highest BCUT2D eigenvalue weighted by Gasteiger charge is 2.52. The van der Waals surface area contributed by atoms with E-state index in [1.807, 2.05) is 6.92 Å². The zero-order chi connectivity index (χ0) is 20.0. The van der Waals surface area contributed by atoms with Crippen LogP contribution >= 0.6 is 0 Å². The van der Waals surface area contributed by atoms with E-state index in [1.54, 1.807) is 0 Å². The highest BCUT2D eigenvalue weighted by molar-refractivity contribution is 5.77. The number of carbonyl (C=O) groups is 1. The van der Waals surface area contributed by atoms with Crippen LogP contribution in [0.15, 0.2) is 0 Å². The molecule has 0 aromatic rings. The fourth-order valence-corrected chi connectivity index (χ4v) is 5.37. The third-order valence-electron chi connectivity index (χ3n) is 7.45. The molecule has 5 unspecified atom stereocenters. The zero-order valence-electron chi connectivity index (χ0n) is 18.4. The standard InChI is InChI=1S/C23H42O3/c1-16-12-17-10-9-11-18(13-17)23(16,25)15-26-19(24)22(8,21(5,6)7)14-20(2,3)4/h16-18,25H,9-15H2,1-8H3. The van der Waals surface area contributed by atoms with Crippen LogP contribution in [0.4, 0.5) is 0 Å². The summed E-state index contributed by atoms with van der Waals surface area (Å²) < 4.78 is 5.89. The molecule has 2 aliphatic carbocycles. The van der Waals surface area contributed by atoms with E-state index in [2.05, 4.69) is 48.5 Å². The van der Waals surface area contributed by atoms with Crippen molar-refractivity contribution in [3.8, 4) is 0 Å². The minimum absolute atomic E-state index is 0.0344. The maximum absolute atomic E-state index is 13.2. The van der Waals surface area contributed by atoms with Gasteiger partial charge in [0, 0.05) is 0 Å². The highest BCUT2D eigenvalue weighted by Crippen LogP contribution is 2.50. The molecule has 2 fully saturated rings. The van der Waals surface area contributed by atoms with Crippen LogP contribution in [0.1, 0.15) is 93.9 Å². The predicted octanol–water partition coefficient (Wildman–Crippen LogP) is 5.60. The number of ether oxygens (including phenoxy) is 1. The molecule has 1 N–H and O–H groups in total. The number of fused-ring (bicyclic) bond motifs is 2. The molecule has 0 saturated heterocycles. The Morgan fingerprint density at radius 1 is 1.08 bits per heavy atom. The van der Waals surface area contributed by atoms with Crippen molar-refractivity contribution in [3.05, 3.63) is 0 Å². The van der Waals surface area contributed by atoms with Gasteiger partial charge in [-0.2, -0.15) is 0 Å². The molecule has 5 atom stereocenters. The molecule has 3 nitrogen and oxygen atoms in total. The van der Waals surface area contributed by atoms with Gasteiger partial charge < -0.3 is 9.84 Å². The van der Waals surface area contributed by atoms with Crippen LogP contribution in [0.5, 0.6) is 0 Å².